The van der Waals surface area contributed by atoms with Crippen LogP contribution in [0, 0.1) is 0 Å². The number of rotatable bonds is 18. The van der Waals surface area contributed by atoms with Crippen molar-refractivity contribution in [3.63, 3.8) is 0 Å². The predicted molar refractivity (Wildman–Crippen MR) is 226 cm³/mol. The zero-order valence-electron chi connectivity index (χ0n) is 37.6. The van der Waals surface area contributed by atoms with Crippen LogP contribution in [-0.4, -0.2) is 108 Å². The molecule has 340 valence electrons. The Bertz CT molecular complexity index is 1670. The molecule has 3 aliphatic rings. The average Bonchev–Trinajstić information content (AvgIpc) is 3.19. The summed E-state index contributed by atoms with van der Waals surface area (Å²) in [7, 11) is -3.04. The van der Waals surface area contributed by atoms with Gasteiger partial charge in [-0.25, -0.2) is 0 Å². The van der Waals surface area contributed by atoms with Gasteiger partial charge in [-0.05, 0) is 17.5 Å². The van der Waals surface area contributed by atoms with E-state index < -0.39 is 87.9 Å². The summed E-state index contributed by atoms with van der Waals surface area (Å²) in [5, 5.41) is -0.649. The van der Waals surface area contributed by atoms with Gasteiger partial charge in [0.1, 0.15) is 30.5 Å². The van der Waals surface area contributed by atoms with Crippen LogP contribution in [-0.2, 0) is 79.1 Å². The highest BCUT2D eigenvalue weighted by Gasteiger charge is 2.65. The normalized spacial score (nSPS) is 29.0. The van der Waals surface area contributed by atoms with Gasteiger partial charge in [0.25, 0.3) is 0 Å². The fraction of sp³-hybridized carbons (Fsp3) is 0.674. The molecule has 3 saturated heterocycles. The molecule has 61 heavy (non-hydrogen) atoms. The number of ether oxygens (including phenoxy) is 9. The van der Waals surface area contributed by atoms with Crippen LogP contribution in [0.25, 0.3) is 0 Å². The first kappa shape index (κ1) is 48.8. The summed E-state index contributed by atoms with van der Waals surface area (Å²) >= 11 is 0. The van der Waals surface area contributed by atoms with Gasteiger partial charge in [0.05, 0.1) is 26.4 Å². The van der Waals surface area contributed by atoms with Gasteiger partial charge in [-0.2, -0.15) is 0 Å². The molecule has 0 unspecified atom stereocenters. The van der Waals surface area contributed by atoms with Gasteiger partial charge in [-0.1, -0.05) is 128 Å². The van der Waals surface area contributed by atoms with Crippen LogP contribution < -0.4 is 0 Å². The molecule has 15 heteroatoms. The number of benzene rings is 2. The number of esters is 3. The smallest absolute Gasteiger partial charge is 0.349 e. The molecule has 3 fully saturated rings. The monoisotopic (exact) mass is 872 g/mol. The summed E-state index contributed by atoms with van der Waals surface area (Å²) in [6.07, 6.45) is -6.23. The molecule has 14 nitrogen and oxygen atoms in total. The first-order valence-corrected chi connectivity index (χ1v) is 23.4. The van der Waals surface area contributed by atoms with Crippen molar-refractivity contribution in [3.05, 3.63) is 71.8 Å². The molecule has 3 aliphatic heterocycles. The standard InChI is InChI=1S/C46H68O14Si/c1-11-12-13-20-25-50-44-42(57-32(4)49)40(56-31(3)48)37(55-30(2)47)35(58-44)28-53-43-41(52-27-34-23-18-15-19-24-34)39(51-26-33-21-16-14-17-22-33)38-36(59-43)29-54-61(60-38,45(5,6)7)46(8,9)10/h14-19,21-24,35-44H,11-13,20,25-29H2,1-10H3/t35-,36-,37-,38+,39+,40+,41-,42-,43+,44-/m1/s1. The van der Waals surface area contributed by atoms with E-state index >= 15 is 0 Å². The molecule has 0 radical (unpaired) electrons. The zero-order valence-corrected chi connectivity index (χ0v) is 38.6. The SMILES string of the molecule is CCCCCCO[C@@H]1O[C@H](CO[C@H]2O[C@@H]3CO[Si](C(C)(C)C)(C(C)(C)C)O[C@@H]3[C@H](OCc3ccccc3)[C@H]2OCc2ccccc2)[C@@H](OC(C)=O)[C@H](OC(C)=O)[C@H]1OC(C)=O. The van der Waals surface area contributed by atoms with Crippen LogP contribution >= 0.6 is 0 Å². The second kappa shape index (κ2) is 21.9. The van der Waals surface area contributed by atoms with Gasteiger partial charge in [0.15, 0.2) is 30.9 Å². The Kier molecular flexibility index (Phi) is 17.5. The number of carbonyl (C=O) groups is 3. The minimum atomic E-state index is -3.04. The Morgan fingerprint density at radius 1 is 0.623 bits per heavy atom. The third kappa shape index (κ3) is 12.7. The molecule has 3 heterocycles. The van der Waals surface area contributed by atoms with Crippen LogP contribution in [0.2, 0.25) is 10.1 Å². The lowest BCUT2D eigenvalue weighted by Crippen LogP contribution is -2.72. The van der Waals surface area contributed by atoms with Crippen LogP contribution in [0.1, 0.15) is 106 Å². The third-order valence-corrected chi connectivity index (χ3v) is 16.2. The molecule has 0 amide bonds. The molecule has 0 N–H and O–H groups in total. The highest BCUT2D eigenvalue weighted by Crippen LogP contribution is 2.55. The largest absolute Gasteiger partial charge is 0.456 e. The molecule has 5 rings (SSSR count). The van der Waals surface area contributed by atoms with Crippen LogP contribution in [0.3, 0.4) is 0 Å². The average molecular weight is 873 g/mol. The van der Waals surface area contributed by atoms with Crippen molar-refractivity contribution in [2.24, 2.45) is 0 Å². The second-order valence-electron chi connectivity index (χ2n) is 18.1. The van der Waals surface area contributed by atoms with E-state index in [1.54, 1.807) is 0 Å². The van der Waals surface area contributed by atoms with E-state index in [9.17, 15) is 14.4 Å². The molecule has 2 aromatic rings. The van der Waals surface area contributed by atoms with Crippen molar-refractivity contribution in [2.45, 2.75) is 180 Å². The fourth-order valence-electron chi connectivity index (χ4n) is 8.57. The van der Waals surface area contributed by atoms with Crippen molar-refractivity contribution < 1.29 is 65.9 Å². The van der Waals surface area contributed by atoms with E-state index in [0.717, 1.165) is 36.8 Å². The van der Waals surface area contributed by atoms with E-state index in [2.05, 4.69) is 48.5 Å². The summed E-state index contributed by atoms with van der Waals surface area (Å²) < 4.78 is 71.2. The minimum Gasteiger partial charge on any atom is -0.456 e. The van der Waals surface area contributed by atoms with E-state index in [0.29, 0.717) is 0 Å². The third-order valence-electron chi connectivity index (χ3n) is 11.1. The Labute approximate surface area is 362 Å². The van der Waals surface area contributed by atoms with E-state index in [4.69, 9.17) is 51.5 Å². The number of unbranched alkanes of at least 4 members (excludes halogenated alkanes) is 3. The maximum absolute atomic E-state index is 12.6. The van der Waals surface area contributed by atoms with Crippen LogP contribution in [0.4, 0.5) is 0 Å². The molecular weight excluding hydrogens is 805 g/mol. The molecule has 0 bridgehead atoms. The van der Waals surface area contributed by atoms with Gasteiger partial charge in [-0.15, -0.1) is 0 Å². The molecule has 0 aromatic heterocycles. The minimum absolute atomic E-state index is 0.206. The number of fused-ring (bicyclic) bond motifs is 1. The van der Waals surface area contributed by atoms with Gasteiger partial charge < -0.3 is 51.5 Å². The van der Waals surface area contributed by atoms with Crippen LogP contribution in [0.5, 0.6) is 0 Å². The van der Waals surface area contributed by atoms with Crippen LogP contribution in [0.15, 0.2) is 60.7 Å². The summed E-state index contributed by atoms with van der Waals surface area (Å²) in [5.41, 5.74) is 1.89. The lowest BCUT2D eigenvalue weighted by molar-refractivity contribution is -0.345. The van der Waals surface area contributed by atoms with Crippen molar-refractivity contribution in [1.29, 1.82) is 0 Å². The molecule has 0 spiro atoms. The Morgan fingerprint density at radius 3 is 1.69 bits per heavy atom. The molecule has 0 aliphatic carbocycles. The van der Waals surface area contributed by atoms with E-state index in [-0.39, 0.29) is 43.1 Å². The highest BCUT2D eigenvalue weighted by atomic mass is 28.4. The van der Waals surface area contributed by atoms with Gasteiger partial charge in [0.2, 0.25) is 0 Å². The molecule has 0 saturated carbocycles. The number of hydrogen-bond donors (Lipinski definition) is 0. The quantitative estimate of drug-likeness (QED) is 0.0630. The van der Waals surface area contributed by atoms with E-state index in [1.165, 1.54) is 20.8 Å². The number of carbonyl (C=O) groups excluding carboxylic acids is 3. The Hall–Kier alpha value is -3.25. The number of hydrogen-bond acceptors (Lipinski definition) is 14. The highest BCUT2D eigenvalue weighted by molar-refractivity contribution is 6.73. The van der Waals surface area contributed by atoms with Gasteiger partial charge in [-0.3, -0.25) is 14.4 Å². The molecular formula is C46H68O14Si. The first-order valence-electron chi connectivity index (χ1n) is 21.6. The summed E-state index contributed by atoms with van der Waals surface area (Å²) in [6, 6.07) is 19.6. The van der Waals surface area contributed by atoms with Crippen molar-refractivity contribution in [1.82, 2.24) is 0 Å². The first-order chi connectivity index (χ1) is 28.9. The summed E-state index contributed by atoms with van der Waals surface area (Å²) in [4.78, 5) is 37.6. The maximum atomic E-state index is 12.6. The molecule has 2 aromatic carbocycles. The van der Waals surface area contributed by atoms with Gasteiger partial charge >= 0.3 is 26.5 Å². The Balaban J connectivity index is 1.51. The Morgan fingerprint density at radius 2 is 1.15 bits per heavy atom. The fourth-order valence-corrected chi connectivity index (χ4v) is 13.5. The van der Waals surface area contributed by atoms with Crippen molar-refractivity contribution in [2.75, 3.05) is 19.8 Å². The zero-order chi connectivity index (χ0) is 44.4. The van der Waals surface area contributed by atoms with Crippen molar-refractivity contribution >= 4 is 26.5 Å². The maximum Gasteiger partial charge on any atom is 0.349 e. The van der Waals surface area contributed by atoms with Crippen molar-refractivity contribution in [3.8, 4) is 0 Å². The lowest BCUT2D eigenvalue weighted by Gasteiger charge is -2.58. The summed E-state index contributed by atoms with van der Waals surface area (Å²) in [6.45, 7) is 19.5. The topological polar surface area (TPSA) is 153 Å². The van der Waals surface area contributed by atoms with E-state index in [1.807, 2.05) is 60.7 Å². The summed E-state index contributed by atoms with van der Waals surface area (Å²) in [5.74, 6) is -2.01. The molecule has 10 atom stereocenters. The van der Waals surface area contributed by atoms with Gasteiger partial charge in [0, 0.05) is 37.5 Å². The second-order valence-corrected chi connectivity index (χ2v) is 22.9. The lowest BCUT2D eigenvalue weighted by atomic mass is 9.97. The predicted octanol–water partition coefficient (Wildman–Crippen LogP) is 7.47.